The summed E-state index contributed by atoms with van der Waals surface area (Å²) in [6.45, 7) is 1.07. The number of nitrogens with zero attached hydrogens (tertiary/aromatic N) is 5. The molecule has 2 aromatic heterocycles. The van der Waals surface area contributed by atoms with Gasteiger partial charge in [0.2, 0.25) is 5.91 Å². The molecule has 5 heterocycles. The SMILES string of the molecule is O=C(O)N1CCCC12COC2n1c(CN2C(=O)C3(CC3)c3ccncc32)nc2cc(Cl)ccc21. The van der Waals surface area contributed by atoms with E-state index in [9.17, 15) is 14.7 Å². The van der Waals surface area contributed by atoms with Crippen molar-refractivity contribution in [2.45, 2.75) is 49.4 Å². The van der Waals surface area contributed by atoms with Crippen LogP contribution in [0.2, 0.25) is 5.02 Å². The molecule has 10 heteroatoms. The van der Waals surface area contributed by atoms with E-state index in [2.05, 4.69) is 4.98 Å². The molecule has 9 nitrogen and oxygen atoms in total. The molecule has 174 valence electrons. The fraction of sp³-hybridized carbons (Fsp3) is 0.417. The van der Waals surface area contributed by atoms with Crippen molar-refractivity contribution in [1.82, 2.24) is 19.4 Å². The van der Waals surface area contributed by atoms with Crippen LogP contribution < -0.4 is 4.90 Å². The number of carboxylic acid groups (broad SMARTS) is 1. The van der Waals surface area contributed by atoms with Crippen LogP contribution >= 0.6 is 11.6 Å². The molecule has 3 aliphatic heterocycles. The van der Waals surface area contributed by atoms with Gasteiger partial charge in [0.25, 0.3) is 0 Å². The van der Waals surface area contributed by atoms with E-state index in [1.807, 2.05) is 16.7 Å². The minimum atomic E-state index is -0.940. The number of hydrogen-bond donors (Lipinski definition) is 1. The zero-order valence-electron chi connectivity index (χ0n) is 18.3. The molecule has 1 N–H and O–H groups in total. The Bertz CT molecular complexity index is 1380. The molecule has 0 bridgehead atoms. The van der Waals surface area contributed by atoms with Crippen LogP contribution in [-0.2, 0) is 21.5 Å². The van der Waals surface area contributed by atoms with E-state index in [1.54, 1.807) is 29.4 Å². The highest BCUT2D eigenvalue weighted by Crippen LogP contribution is 2.57. The number of pyridine rings is 1. The molecule has 1 aromatic carbocycles. The number of anilines is 1. The Labute approximate surface area is 199 Å². The molecule has 2 spiro atoms. The quantitative estimate of drug-likeness (QED) is 0.614. The zero-order valence-corrected chi connectivity index (χ0v) is 19.0. The monoisotopic (exact) mass is 479 g/mol. The first-order valence-corrected chi connectivity index (χ1v) is 11.9. The van der Waals surface area contributed by atoms with Crippen molar-refractivity contribution in [2.75, 3.05) is 18.1 Å². The van der Waals surface area contributed by atoms with Crippen LogP contribution in [0.15, 0.2) is 36.7 Å². The highest BCUT2D eigenvalue weighted by molar-refractivity contribution is 6.31. The minimum absolute atomic E-state index is 0.0735. The first-order valence-electron chi connectivity index (χ1n) is 11.5. The van der Waals surface area contributed by atoms with Crippen molar-refractivity contribution in [3.8, 4) is 0 Å². The van der Waals surface area contributed by atoms with Gasteiger partial charge in [-0.15, -0.1) is 0 Å². The first-order chi connectivity index (χ1) is 16.4. The molecule has 1 saturated carbocycles. The van der Waals surface area contributed by atoms with E-state index in [4.69, 9.17) is 21.3 Å². The van der Waals surface area contributed by atoms with E-state index in [1.165, 1.54) is 4.90 Å². The molecule has 0 radical (unpaired) electrons. The highest BCUT2D eigenvalue weighted by Gasteiger charge is 2.61. The maximum atomic E-state index is 13.5. The molecule has 4 aliphatic rings. The zero-order chi connectivity index (χ0) is 23.2. The Morgan fingerprint density at radius 2 is 2.12 bits per heavy atom. The molecule has 3 fully saturated rings. The van der Waals surface area contributed by atoms with Crippen molar-refractivity contribution in [2.24, 2.45) is 0 Å². The summed E-state index contributed by atoms with van der Waals surface area (Å²) in [5.41, 5.74) is 2.27. The lowest BCUT2D eigenvalue weighted by molar-refractivity contribution is -0.218. The molecular weight excluding hydrogens is 458 g/mol. The minimum Gasteiger partial charge on any atom is -0.465 e. The number of benzene rings is 1. The lowest BCUT2D eigenvalue weighted by Crippen LogP contribution is -2.63. The summed E-state index contributed by atoms with van der Waals surface area (Å²) in [4.78, 5) is 37.9. The van der Waals surface area contributed by atoms with Gasteiger partial charge in [0.1, 0.15) is 11.4 Å². The van der Waals surface area contributed by atoms with Gasteiger partial charge in [-0.25, -0.2) is 9.78 Å². The van der Waals surface area contributed by atoms with Gasteiger partial charge in [-0.2, -0.15) is 0 Å². The van der Waals surface area contributed by atoms with Gasteiger partial charge in [0.05, 0.1) is 41.5 Å². The normalized spacial score (nSPS) is 26.5. The van der Waals surface area contributed by atoms with Gasteiger partial charge >= 0.3 is 6.09 Å². The Hall–Kier alpha value is -3.17. The summed E-state index contributed by atoms with van der Waals surface area (Å²) in [5, 5.41) is 10.4. The maximum absolute atomic E-state index is 13.5. The number of carbonyl (C=O) groups is 2. The lowest BCUT2D eigenvalue weighted by Gasteiger charge is -2.51. The fourth-order valence-electron chi connectivity index (χ4n) is 6.15. The van der Waals surface area contributed by atoms with Crippen LogP contribution in [0.5, 0.6) is 0 Å². The number of imidazole rings is 1. The van der Waals surface area contributed by atoms with Crippen LogP contribution in [0.25, 0.3) is 11.0 Å². The Kier molecular flexibility index (Phi) is 3.99. The van der Waals surface area contributed by atoms with Gasteiger partial charge in [-0.05, 0) is 55.5 Å². The molecule has 2 amide bonds. The van der Waals surface area contributed by atoms with Crippen molar-refractivity contribution in [3.63, 3.8) is 0 Å². The third-order valence-electron chi connectivity index (χ3n) is 7.98. The van der Waals surface area contributed by atoms with Gasteiger partial charge in [-0.3, -0.25) is 19.2 Å². The third-order valence-corrected chi connectivity index (χ3v) is 8.22. The number of hydrogen-bond acceptors (Lipinski definition) is 5. The molecular formula is C24H22ClN5O4. The molecule has 7 rings (SSSR count). The number of fused-ring (bicyclic) bond motifs is 3. The van der Waals surface area contributed by atoms with Crippen LogP contribution in [0.3, 0.4) is 0 Å². The van der Waals surface area contributed by atoms with Gasteiger partial charge < -0.3 is 14.7 Å². The van der Waals surface area contributed by atoms with Gasteiger partial charge in [-0.1, -0.05) is 11.6 Å². The summed E-state index contributed by atoms with van der Waals surface area (Å²) in [7, 11) is 0. The second kappa shape index (κ2) is 6.70. The number of aromatic nitrogens is 3. The van der Waals surface area contributed by atoms with Crippen molar-refractivity contribution < 1.29 is 19.4 Å². The van der Waals surface area contributed by atoms with E-state index in [0.29, 0.717) is 29.5 Å². The summed E-state index contributed by atoms with van der Waals surface area (Å²) in [6, 6.07) is 7.40. The van der Waals surface area contributed by atoms with E-state index < -0.39 is 23.3 Å². The Balaban J connectivity index is 1.35. The molecule has 2 unspecified atom stereocenters. The van der Waals surface area contributed by atoms with E-state index in [0.717, 1.165) is 42.5 Å². The average molecular weight is 480 g/mol. The topological polar surface area (TPSA) is 101 Å². The average Bonchev–Trinajstić information content (AvgIpc) is 3.27. The Morgan fingerprint density at radius 1 is 1.26 bits per heavy atom. The van der Waals surface area contributed by atoms with Crippen molar-refractivity contribution in [1.29, 1.82) is 0 Å². The largest absolute Gasteiger partial charge is 0.465 e. The summed E-state index contributed by atoms with van der Waals surface area (Å²) in [6.07, 6.45) is 5.20. The number of amides is 2. The molecule has 2 atom stereocenters. The number of likely N-dealkylation sites (tertiary alicyclic amines) is 1. The van der Waals surface area contributed by atoms with Gasteiger partial charge in [0.15, 0.2) is 6.23 Å². The summed E-state index contributed by atoms with van der Waals surface area (Å²) >= 11 is 6.26. The fourth-order valence-corrected chi connectivity index (χ4v) is 6.32. The lowest BCUT2D eigenvalue weighted by atomic mass is 9.89. The number of ether oxygens (including phenoxy) is 1. The van der Waals surface area contributed by atoms with Crippen molar-refractivity contribution >= 4 is 40.3 Å². The Morgan fingerprint density at radius 3 is 2.85 bits per heavy atom. The predicted molar refractivity (Wildman–Crippen MR) is 123 cm³/mol. The molecule has 34 heavy (non-hydrogen) atoms. The third kappa shape index (κ3) is 2.48. The standard InChI is InChI=1S/C24H22ClN5O4/c25-14-2-3-17-16(10-14)27-19(30(17)21-24(13-34-21)5-1-9-29(24)22(32)33)12-28-18-11-26-8-4-15(18)23(6-7-23)20(28)31/h2-4,8,10-11,21H,1,5-7,9,12-13H2,(H,32,33). The first kappa shape index (κ1) is 20.2. The van der Waals surface area contributed by atoms with Crippen LogP contribution in [0.4, 0.5) is 10.5 Å². The second-order valence-electron chi connectivity index (χ2n) is 9.70. The summed E-state index contributed by atoms with van der Waals surface area (Å²) in [5.74, 6) is 0.712. The second-order valence-corrected chi connectivity index (χ2v) is 10.1. The highest BCUT2D eigenvalue weighted by atomic mass is 35.5. The van der Waals surface area contributed by atoms with Crippen LogP contribution in [0, 0.1) is 0 Å². The number of halogens is 1. The van der Waals surface area contributed by atoms with E-state index >= 15 is 0 Å². The van der Waals surface area contributed by atoms with E-state index in [-0.39, 0.29) is 12.5 Å². The smallest absolute Gasteiger partial charge is 0.408 e. The maximum Gasteiger partial charge on any atom is 0.408 e. The summed E-state index contributed by atoms with van der Waals surface area (Å²) < 4.78 is 8.03. The van der Waals surface area contributed by atoms with Gasteiger partial charge in [0, 0.05) is 17.8 Å². The van der Waals surface area contributed by atoms with Crippen LogP contribution in [0.1, 0.15) is 43.3 Å². The number of carbonyl (C=O) groups excluding carboxylic acids is 1. The van der Waals surface area contributed by atoms with Crippen LogP contribution in [-0.4, -0.2) is 55.2 Å². The van der Waals surface area contributed by atoms with Crippen molar-refractivity contribution in [3.05, 3.63) is 53.1 Å². The molecule has 2 saturated heterocycles. The number of rotatable bonds is 3. The predicted octanol–water partition coefficient (Wildman–Crippen LogP) is 3.70. The molecule has 3 aromatic rings. The molecule has 1 aliphatic carbocycles.